The minimum Gasteiger partial charge on any atom is -0.481 e. The van der Waals surface area contributed by atoms with Gasteiger partial charge >= 0.3 is 5.97 Å². The third-order valence-electron chi connectivity index (χ3n) is 4.02. The third-order valence-corrected chi connectivity index (χ3v) is 5.27. The number of carbonyl (C=O) groups is 2. The van der Waals surface area contributed by atoms with Gasteiger partial charge in [0.2, 0.25) is 15.9 Å². The van der Waals surface area contributed by atoms with Crippen molar-refractivity contribution in [1.29, 1.82) is 0 Å². The fourth-order valence-electron chi connectivity index (χ4n) is 2.94. The molecule has 0 radical (unpaired) electrons. The van der Waals surface area contributed by atoms with Crippen LogP contribution in [0.2, 0.25) is 0 Å². The highest BCUT2D eigenvalue weighted by Crippen LogP contribution is 2.31. The van der Waals surface area contributed by atoms with E-state index in [1.165, 1.54) is 4.90 Å². The van der Waals surface area contributed by atoms with Gasteiger partial charge in [0.1, 0.15) is 5.25 Å². The summed E-state index contributed by atoms with van der Waals surface area (Å²) in [5, 5.41) is 13.2. The second-order valence-corrected chi connectivity index (χ2v) is 7.16. The molecule has 8 heteroatoms. The molecule has 1 aliphatic heterocycles. The first-order valence-electron chi connectivity index (χ1n) is 6.33. The Kier molecular flexibility index (Phi) is 3.82. The van der Waals surface area contributed by atoms with Gasteiger partial charge in [-0.25, -0.2) is 13.6 Å². The van der Waals surface area contributed by atoms with E-state index in [4.69, 9.17) is 10.2 Å². The van der Waals surface area contributed by atoms with E-state index in [1.807, 2.05) is 0 Å². The Morgan fingerprint density at radius 3 is 2.58 bits per heavy atom. The number of hydrogen-bond acceptors (Lipinski definition) is 4. The highest BCUT2D eigenvalue weighted by molar-refractivity contribution is 7.89. The SMILES string of the molecule is NS(=O)(=O)C1CC(=O)N(C2CCCC(C(=O)O)C2)C1. The van der Waals surface area contributed by atoms with Crippen molar-refractivity contribution < 1.29 is 23.1 Å². The third kappa shape index (κ3) is 3.06. The first kappa shape index (κ1) is 14.3. The zero-order chi connectivity index (χ0) is 14.2. The highest BCUT2D eigenvalue weighted by atomic mass is 32.2. The first-order chi connectivity index (χ1) is 8.79. The number of carboxylic acid groups (broad SMARTS) is 1. The number of amides is 1. The molecule has 19 heavy (non-hydrogen) atoms. The lowest BCUT2D eigenvalue weighted by atomic mass is 9.85. The molecular weight excluding hydrogens is 272 g/mol. The Balaban J connectivity index is 2.06. The van der Waals surface area contributed by atoms with Crippen LogP contribution in [0.4, 0.5) is 0 Å². The number of carbonyl (C=O) groups excluding carboxylic acids is 1. The molecule has 3 atom stereocenters. The number of sulfonamides is 1. The predicted octanol–water partition coefficient (Wildman–Crippen LogP) is -0.481. The maximum atomic E-state index is 11.9. The average Bonchev–Trinajstić information content (AvgIpc) is 2.71. The molecule has 1 saturated carbocycles. The number of rotatable bonds is 3. The van der Waals surface area contributed by atoms with Crippen molar-refractivity contribution in [1.82, 2.24) is 4.90 Å². The van der Waals surface area contributed by atoms with Crippen LogP contribution in [0.5, 0.6) is 0 Å². The standard InChI is InChI=1S/C11H18N2O5S/c12-19(17,18)9-5-10(14)13(6-9)8-3-1-2-7(4-8)11(15)16/h7-9H,1-6H2,(H,15,16)(H2,12,17,18). The number of nitrogens with zero attached hydrogens (tertiary/aromatic N) is 1. The van der Waals surface area contributed by atoms with Crippen LogP contribution in [-0.2, 0) is 19.6 Å². The van der Waals surface area contributed by atoms with Crippen LogP contribution in [0.25, 0.3) is 0 Å². The Morgan fingerprint density at radius 1 is 1.37 bits per heavy atom. The van der Waals surface area contributed by atoms with Crippen molar-refractivity contribution in [3.8, 4) is 0 Å². The molecule has 0 aromatic carbocycles. The molecule has 0 bridgehead atoms. The molecule has 1 aliphatic carbocycles. The molecule has 0 spiro atoms. The van der Waals surface area contributed by atoms with Gasteiger partial charge in [-0.2, -0.15) is 0 Å². The number of carboxylic acids is 1. The van der Waals surface area contributed by atoms with Crippen LogP contribution in [0.3, 0.4) is 0 Å². The number of likely N-dealkylation sites (tertiary alicyclic amines) is 1. The quantitative estimate of drug-likeness (QED) is 0.727. The summed E-state index contributed by atoms with van der Waals surface area (Å²) in [5.74, 6) is -1.53. The molecule has 2 fully saturated rings. The van der Waals surface area contributed by atoms with Crippen LogP contribution in [0, 0.1) is 5.92 Å². The van der Waals surface area contributed by atoms with Crippen LogP contribution in [-0.4, -0.2) is 48.1 Å². The van der Waals surface area contributed by atoms with Crippen molar-refractivity contribution >= 4 is 21.9 Å². The molecule has 1 amide bonds. The van der Waals surface area contributed by atoms with E-state index in [2.05, 4.69) is 0 Å². The second-order valence-electron chi connectivity index (χ2n) is 5.32. The van der Waals surface area contributed by atoms with E-state index in [1.54, 1.807) is 0 Å². The lowest BCUT2D eigenvalue weighted by Gasteiger charge is -2.33. The maximum absolute atomic E-state index is 11.9. The molecule has 1 heterocycles. The molecule has 3 unspecified atom stereocenters. The van der Waals surface area contributed by atoms with Crippen molar-refractivity contribution in [2.45, 2.75) is 43.4 Å². The lowest BCUT2D eigenvalue weighted by molar-refractivity contribution is -0.144. The monoisotopic (exact) mass is 290 g/mol. The lowest BCUT2D eigenvalue weighted by Crippen LogP contribution is -2.42. The minimum atomic E-state index is -3.72. The molecule has 3 N–H and O–H groups in total. The fraction of sp³-hybridized carbons (Fsp3) is 0.818. The van der Waals surface area contributed by atoms with Crippen LogP contribution >= 0.6 is 0 Å². The molecule has 108 valence electrons. The van der Waals surface area contributed by atoms with E-state index < -0.39 is 27.2 Å². The number of aliphatic carboxylic acids is 1. The van der Waals surface area contributed by atoms with E-state index in [-0.39, 0.29) is 24.9 Å². The van der Waals surface area contributed by atoms with Gasteiger partial charge in [0, 0.05) is 19.0 Å². The van der Waals surface area contributed by atoms with E-state index in [0.717, 1.165) is 12.8 Å². The van der Waals surface area contributed by atoms with Crippen molar-refractivity contribution in [2.75, 3.05) is 6.54 Å². The number of hydrogen-bond donors (Lipinski definition) is 2. The molecule has 7 nitrogen and oxygen atoms in total. The van der Waals surface area contributed by atoms with Gasteiger partial charge in [-0.3, -0.25) is 9.59 Å². The summed E-state index contributed by atoms with van der Waals surface area (Å²) in [6, 6.07) is -0.172. The maximum Gasteiger partial charge on any atom is 0.306 e. The van der Waals surface area contributed by atoms with Gasteiger partial charge in [0.25, 0.3) is 0 Å². The van der Waals surface area contributed by atoms with Gasteiger partial charge in [0.05, 0.1) is 5.92 Å². The summed E-state index contributed by atoms with van der Waals surface area (Å²) < 4.78 is 22.6. The molecule has 0 aromatic rings. The highest BCUT2D eigenvalue weighted by Gasteiger charge is 2.41. The Morgan fingerprint density at radius 2 is 2.05 bits per heavy atom. The van der Waals surface area contributed by atoms with E-state index >= 15 is 0 Å². The average molecular weight is 290 g/mol. The minimum absolute atomic E-state index is 0.0902. The van der Waals surface area contributed by atoms with Gasteiger partial charge in [-0.05, 0) is 19.3 Å². The summed E-state index contributed by atoms with van der Waals surface area (Å²) in [6.45, 7) is 0.0919. The molecule has 2 aliphatic rings. The van der Waals surface area contributed by atoms with E-state index in [0.29, 0.717) is 12.8 Å². The molecule has 1 saturated heterocycles. The largest absolute Gasteiger partial charge is 0.481 e. The molecular formula is C11H18N2O5S. The summed E-state index contributed by atoms with van der Waals surface area (Å²) in [4.78, 5) is 24.4. The van der Waals surface area contributed by atoms with Crippen molar-refractivity contribution in [2.24, 2.45) is 11.1 Å². The Labute approximate surface area is 111 Å². The summed E-state index contributed by atoms with van der Waals surface area (Å²) >= 11 is 0. The Bertz CT molecular complexity index is 489. The molecule has 0 aromatic heterocycles. The normalized spacial score (nSPS) is 32.6. The zero-order valence-corrected chi connectivity index (χ0v) is 11.3. The van der Waals surface area contributed by atoms with Crippen LogP contribution < -0.4 is 5.14 Å². The fourth-order valence-corrected chi connectivity index (χ4v) is 3.69. The zero-order valence-electron chi connectivity index (χ0n) is 10.5. The van der Waals surface area contributed by atoms with Crippen LogP contribution in [0.15, 0.2) is 0 Å². The second kappa shape index (κ2) is 5.09. The Hall–Kier alpha value is -1.15. The van der Waals surface area contributed by atoms with E-state index in [9.17, 15) is 18.0 Å². The first-order valence-corrected chi connectivity index (χ1v) is 7.94. The topological polar surface area (TPSA) is 118 Å². The van der Waals surface area contributed by atoms with Crippen LogP contribution in [0.1, 0.15) is 32.1 Å². The summed E-state index contributed by atoms with van der Waals surface area (Å²) in [7, 11) is -3.72. The van der Waals surface area contributed by atoms with Gasteiger partial charge in [-0.1, -0.05) is 6.42 Å². The predicted molar refractivity (Wildman–Crippen MR) is 66.6 cm³/mol. The number of primary sulfonamides is 1. The molecule has 2 rings (SSSR count). The van der Waals surface area contributed by atoms with Gasteiger partial charge < -0.3 is 10.0 Å². The summed E-state index contributed by atoms with van der Waals surface area (Å²) in [5.41, 5.74) is 0. The summed E-state index contributed by atoms with van der Waals surface area (Å²) in [6.07, 6.45) is 2.40. The smallest absolute Gasteiger partial charge is 0.306 e. The van der Waals surface area contributed by atoms with Gasteiger partial charge in [0.15, 0.2) is 0 Å². The number of nitrogens with two attached hydrogens (primary N) is 1. The van der Waals surface area contributed by atoms with Crippen molar-refractivity contribution in [3.05, 3.63) is 0 Å². The van der Waals surface area contributed by atoms with Gasteiger partial charge in [-0.15, -0.1) is 0 Å². The van der Waals surface area contributed by atoms with Crippen molar-refractivity contribution in [3.63, 3.8) is 0 Å².